The molecule has 0 fully saturated rings. The molecule has 140 valence electrons. The van der Waals surface area contributed by atoms with Crippen LogP contribution in [0, 0.1) is 0 Å². The van der Waals surface area contributed by atoms with Crippen LogP contribution in [0.3, 0.4) is 0 Å². The van der Waals surface area contributed by atoms with E-state index in [1.165, 1.54) is 5.06 Å². The fraction of sp³-hybridized carbons (Fsp3) is 0.444. The van der Waals surface area contributed by atoms with E-state index in [9.17, 15) is 14.7 Å². The Morgan fingerprint density at radius 3 is 2.69 bits per heavy atom. The minimum absolute atomic E-state index is 0.164. The van der Waals surface area contributed by atoms with Crippen molar-refractivity contribution in [3.63, 3.8) is 0 Å². The quantitative estimate of drug-likeness (QED) is 0.819. The van der Waals surface area contributed by atoms with Crippen LogP contribution >= 0.6 is 11.6 Å². The van der Waals surface area contributed by atoms with Gasteiger partial charge in [-0.2, -0.15) is 0 Å². The molecule has 3 rings (SSSR count). The number of aromatic nitrogens is 1. The lowest BCUT2D eigenvalue weighted by atomic mass is 10.1. The first kappa shape index (κ1) is 18.5. The third-order valence-electron chi connectivity index (χ3n) is 4.07. The Bertz CT molecular complexity index is 869. The van der Waals surface area contributed by atoms with Gasteiger partial charge in [-0.1, -0.05) is 23.7 Å². The molecule has 0 bridgehead atoms. The molecule has 0 spiro atoms. The highest BCUT2D eigenvalue weighted by Crippen LogP contribution is 2.35. The highest BCUT2D eigenvalue weighted by atomic mass is 35.5. The van der Waals surface area contributed by atoms with Gasteiger partial charge in [-0.3, -0.25) is 4.79 Å². The first-order chi connectivity index (χ1) is 12.2. The van der Waals surface area contributed by atoms with Crippen molar-refractivity contribution in [3.05, 3.63) is 34.5 Å². The number of hydrogen-bond donors (Lipinski definition) is 1. The largest absolute Gasteiger partial charge is 0.528 e. The van der Waals surface area contributed by atoms with E-state index in [1.54, 1.807) is 31.4 Å². The third-order valence-corrected chi connectivity index (χ3v) is 4.38. The summed E-state index contributed by atoms with van der Waals surface area (Å²) in [7, 11) is 0. The standard InChI is InChI=1S/C18H21ClN2O5/c1-18(2,3)25-17(24)26-20-8-7-14-12(9-20)11-5-4-6-13(19)16(11)21(14)10-15(22)23/h4-6H,7-10H2,1-3H3,(H,22,23). The van der Waals surface area contributed by atoms with Gasteiger partial charge in [0.1, 0.15) is 12.1 Å². The van der Waals surface area contributed by atoms with Crippen molar-refractivity contribution < 1.29 is 24.3 Å². The average Bonchev–Trinajstić information content (AvgIpc) is 2.80. The molecule has 0 amide bonds. The fourth-order valence-electron chi connectivity index (χ4n) is 3.20. The molecule has 0 saturated carbocycles. The predicted molar refractivity (Wildman–Crippen MR) is 96.0 cm³/mol. The number of carbonyl (C=O) groups excluding carboxylic acids is 1. The lowest BCUT2D eigenvalue weighted by molar-refractivity contribution is -0.151. The van der Waals surface area contributed by atoms with Gasteiger partial charge in [-0.15, -0.1) is 5.06 Å². The van der Waals surface area contributed by atoms with Crippen LogP contribution < -0.4 is 0 Å². The molecule has 1 N–H and O–H groups in total. The van der Waals surface area contributed by atoms with E-state index >= 15 is 0 Å². The average molecular weight is 381 g/mol. The van der Waals surface area contributed by atoms with Crippen LogP contribution in [-0.4, -0.2) is 39.0 Å². The molecule has 2 aromatic rings. The number of fused-ring (bicyclic) bond motifs is 3. The van der Waals surface area contributed by atoms with E-state index in [2.05, 4.69) is 0 Å². The van der Waals surface area contributed by atoms with Gasteiger partial charge in [0, 0.05) is 24.0 Å². The van der Waals surface area contributed by atoms with Crippen LogP contribution in [0.25, 0.3) is 10.9 Å². The number of nitrogens with zero attached hydrogens (tertiary/aromatic N) is 2. The van der Waals surface area contributed by atoms with Gasteiger partial charge in [0.15, 0.2) is 0 Å². The second-order valence-corrected chi connectivity index (χ2v) is 7.62. The molecule has 7 nitrogen and oxygen atoms in total. The second-order valence-electron chi connectivity index (χ2n) is 7.21. The minimum Gasteiger partial charge on any atom is -0.480 e. The Hall–Kier alpha value is -2.25. The van der Waals surface area contributed by atoms with Crippen LogP contribution in [0.4, 0.5) is 4.79 Å². The van der Waals surface area contributed by atoms with E-state index < -0.39 is 17.7 Å². The van der Waals surface area contributed by atoms with Gasteiger partial charge in [-0.05, 0) is 32.4 Å². The number of carboxylic acid groups (broad SMARTS) is 1. The maximum atomic E-state index is 11.9. The Morgan fingerprint density at radius 1 is 1.31 bits per heavy atom. The van der Waals surface area contributed by atoms with Crippen molar-refractivity contribution in [2.45, 2.75) is 45.9 Å². The molecule has 0 atom stereocenters. The summed E-state index contributed by atoms with van der Waals surface area (Å²) in [6, 6.07) is 5.46. The Morgan fingerprint density at radius 2 is 2.04 bits per heavy atom. The molecule has 2 heterocycles. The summed E-state index contributed by atoms with van der Waals surface area (Å²) in [5.74, 6) is -0.933. The smallest absolute Gasteiger partial charge is 0.480 e. The molecule has 1 aromatic carbocycles. The zero-order valence-electron chi connectivity index (χ0n) is 14.9. The zero-order chi connectivity index (χ0) is 19.1. The summed E-state index contributed by atoms with van der Waals surface area (Å²) in [6.07, 6.45) is -0.218. The monoisotopic (exact) mass is 380 g/mol. The number of hydrogen-bond acceptors (Lipinski definition) is 5. The maximum absolute atomic E-state index is 11.9. The Balaban J connectivity index is 1.91. The number of hydroxylamine groups is 2. The number of carbonyl (C=O) groups is 2. The number of ether oxygens (including phenoxy) is 1. The van der Waals surface area contributed by atoms with Gasteiger partial charge in [0.05, 0.1) is 17.1 Å². The molecule has 1 aliphatic rings. The van der Waals surface area contributed by atoms with E-state index in [4.69, 9.17) is 21.2 Å². The molecule has 0 radical (unpaired) electrons. The van der Waals surface area contributed by atoms with Gasteiger partial charge in [0.2, 0.25) is 0 Å². The highest BCUT2D eigenvalue weighted by Gasteiger charge is 2.29. The minimum atomic E-state index is -0.933. The van der Waals surface area contributed by atoms with Gasteiger partial charge in [0.25, 0.3) is 0 Å². The normalized spacial score (nSPS) is 14.9. The summed E-state index contributed by atoms with van der Waals surface area (Å²) < 4.78 is 6.92. The van der Waals surface area contributed by atoms with E-state index in [0.29, 0.717) is 30.0 Å². The number of carboxylic acids is 1. The molecular weight excluding hydrogens is 360 g/mol. The Labute approximate surface area is 156 Å². The third kappa shape index (κ3) is 3.78. The van der Waals surface area contributed by atoms with Crippen molar-refractivity contribution in [3.8, 4) is 0 Å². The molecular formula is C18H21ClN2O5. The summed E-state index contributed by atoms with van der Waals surface area (Å²) in [5.41, 5.74) is 1.88. The molecule has 0 unspecified atom stereocenters. The van der Waals surface area contributed by atoms with Crippen LogP contribution in [0.1, 0.15) is 32.0 Å². The van der Waals surface area contributed by atoms with Crippen molar-refractivity contribution in [1.82, 2.24) is 9.63 Å². The van der Waals surface area contributed by atoms with E-state index in [1.807, 2.05) is 12.1 Å². The summed E-state index contributed by atoms with van der Waals surface area (Å²) in [4.78, 5) is 28.5. The van der Waals surface area contributed by atoms with Gasteiger partial charge in [-0.25, -0.2) is 4.79 Å². The molecule has 0 aliphatic carbocycles. The number of para-hydroxylation sites is 1. The van der Waals surface area contributed by atoms with Crippen LogP contribution in [-0.2, 0) is 33.9 Å². The summed E-state index contributed by atoms with van der Waals surface area (Å²) in [5, 5.41) is 12.2. The molecule has 8 heteroatoms. The maximum Gasteiger partial charge on any atom is 0.528 e. The topological polar surface area (TPSA) is 81.0 Å². The van der Waals surface area contributed by atoms with Crippen LogP contribution in [0.2, 0.25) is 5.02 Å². The fourth-order valence-corrected chi connectivity index (χ4v) is 3.47. The summed E-state index contributed by atoms with van der Waals surface area (Å²) in [6.45, 7) is 5.93. The first-order valence-corrected chi connectivity index (χ1v) is 8.69. The molecule has 1 aliphatic heterocycles. The number of aliphatic carboxylic acids is 1. The van der Waals surface area contributed by atoms with Crippen molar-refractivity contribution >= 4 is 34.6 Å². The van der Waals surface area contributed by atoms with Crippen LogP contribution in [0.15, 0.2) is 18.2 Å². The lowest BCUT2D eigenvalue weighted by Crippen LogP contribution is -2.36. The lowest BCUT2D eigenvalue weighted by Gasteiger charge is -2.27. The summed E-state index contributed by atoms with van der Waals surface area (Å²) >= 11 is 6.33. The second kappa shape index (κ2) is 6.81. The van der Waals surface area contributed by atoms with Gasteiger partial charge >= 0.3 is 12.1 Å². The van der Waals surface area contributed by atoms with Gasteiger partial charge < -0.3 is 19.2 Å². The molecule has 0 saturated heterocycles. The SMILES string of the molecule is CC(C)(C)OC(=O)ON1CCc2c(c3cccc(Cl)c3n2CC(=O)O)C1. The zero-order valence-corrected chi connectivity index (χ0v) is 15.7. The number of rotatable bonds is 3. The first-order valence-electron chi connectivity index (χ1n) is 8.32. The van der Waals surface area contributed by atoms with Crippen LogP contribution in [0.5, 0.6) is 0 Å². The number of benzene rings is 1. The predicted octanol–water partition coefficient (Wildman–Crippen LogP) is 3.60. The van der Waals surface area contributed by atoms with Crippen molar-refractivity contribution in [2.24, 2.45) is 0 Å². The molecule has 1 aromatic heterocycles. The van der Waals surface area contributed by atoms with Crippen molar-refractivity contribution in [1.29, 1.82) is 0 Å². The van der Waals surface area contributed by atoms with Crippen molar-refractivity contribution in [2.75, 3.05) is 6.54 Å². The van der Waals surface area contributed by atoms with E-state index in [-0.39, 0.29) is 6.54 Å². The Kier molecular flexibility index (Phi) is 4.86. The number of halogens is 1. The highest BCUT2D eigenvalue weighted by molar-refractivity contribution is 6.35. The molecule has 26 heavy (non-hydrogen) atoms. The van der Waals surface area contributed by atoms with E-state index in [0.717, 1.165) is 16.6 Å².